The minimum absolute atomic E-state index is 0.0314. The minimum Gasteiger partial charge on any atom is -0.379 e. The summed E-state index contributed by atoms with van der Waals surface area (Å²) in [4.78, 5) is 74.2. The molecule has 0 radical (unpaired) electrons. The van der Waals surface area contributed by atoms with E-state index in [9.17, 15) is 24.0 Å². The second-order valence-corrected chi connectivity index (χ2v) is 17.1. The van der Waals surface area contributed by atoms with Gasteiger partial charge in [0.05, 0.1) is 36.6 Å². The lowest BCUT2D eigenvalue weighted by molar-refractivity contribution is -0.147. The molecule has 1 fully saturated rings. The van der Waals surface area contributed by atoms with E-state index in [4.69, 9.17) is 15.2 Å². The molecule has 1 aromatic rings. The van der Waals surface area contributed by atoms with Crippen LogP contribution in [-0.2, 0) is 39.9 Å². The van der Waals surface area contributed by atoms with E-state index in [1.165, 1.54) is 14.2 Å². The van der Waals surface area contributed by atoms with Gasteiger partial charge in [-0.2, -0.15) is 0 Å². The maximum absolute atomic E-state index is 14.3. The summed E-state index contributed by atoms with van der Waals surface area (Å²) in [5.74, 6) is -2.40. The van der Waals surface area contributed by atoms with Gasteiger partial charge >= 0.3 is 0 Å². The number of hydrogen-bond acceptors (Lipinski definition) is 9. The Balaban J connectivity index is 2.32. The number of ether oxygens (including phenoxy) is 2. The second-order valence-electron chi connectivity index (χ2n) is 17.1. The summed E-state index contributed by atoms with van der Waals surface area (Å²) in [6.07, 6.45) is 0.952. The van der Waals surface area contributed by atoms with Gasteiger partial charge in [-0.25, -0.2) is 0 Å². The highest BCUT2D eigenvalue weighted by atomic mass is 16.5. The Labute approximate surface area is 342 Å². The van der Waals surface area contributed by atoms with Crippen LogP contribution in [0.4, 0.5) is 0 Å². The van der Waals surface area contributed by atoms with Crippen LogP contribution in [0.1, 0.15) is 86.6 Å². The van der Waals surface area contributed by atoms with Crippen molar-refractivity contribution in [3.63, 3.8) is 0 Å². The van der Waals surface area contributed by atoms with E-state index in [0.717, 1.165) is 5.56 Å². The molecule has 1 saturated heterocycles. The third-order valence-electron chi connectivity index (χ3n) is 11.0. The quantitative estimate of drug-likeness (QED) is 0.136. The lowest BCUT2D eigenvalue weighted by Crippen LogP contribution is -2.62. The Kier molecular flexibility index (Phi) is 19.3. The number of hydrogen-bond donors (Lipinski definition) is 4. The van der Waals surface area contributed by atoms with Crippen molar-refractivity contribution < 1.29 is 33.4 Å². The van der Waals surface area contributed by atoms with Gasteiger partial charge in [-0.1, -0.05) is 69.7 Å². The molecule has 57 heavy (non-hydrogen) atoms. The van der Waals surface area contributed by atoms with Gasteiger partial charge in [0.2, 0.25) is 29.5 Å². The lowest BCUT2D eigenvalue weighted by atomic mass is 9.89. The fourth-order valence-electron chi connectivity index (χ4n) is 7.89. The molecule has 322 valence electrons. The molecule has 1 aliphatic rings. The Hall–Kier alpha value is -3.85. The number of nitrogens with zero attached hydrogens (tertiary/aromatic N) is 3. The van der Waals surface area contributed by atoms with Crippen LogP contribution >= 0.6 is 0 Å². The van der Waals surface area contributed by atoms with Gasteiger partial charge in [0.15, 0.2) is 0 Å². The van der Waals surface area contributed by atoms with Crippen LogP contribution in [0.3, 0.4) is 0 Å². The normalized spacial score (nSPS) is 19.3. The Morgan fingerprint density at radius 2 is 1.58 bits per heavy atom. The highest BCUT2D eigenvalue weighted by molar-refractivity contribution is 5.92. The van der Waals surface area contributed by atoms with Gasteiger partial charge in [0.25, 0.3) is 0 Å². The number of rotatable bonds is 21. The Bertz CT molecular complexity index is 1500. The summed E-state index contributed by atoms with van der Waals surface area (Å²) in [7, 11) is 8.25. The van der Waals surface area contributed by atoms with Crippen molar-refractivity contribution in [3.05, 3.63) is 48.0 Å². The van der Waals surface area contributed by atoms with Crippen molar-refractivity contribution >= 4 is 29.5 Å². The van der Waals surface area contributed by atoms with Crippen LogP contribution in [0.2, 0.25) is 0 Å². The zero-order chi connectivity index (χ0) is 43.4. The SMILES string of the molecule is C=C(C)C(C(=O)NC(C(=O)N(C)C(C(C)CC)C(CC(=O)N1CCCC1C(OC)C(C)C(=O)NC(Cc1ccccc1)C(=O)NC(C)(C)C)OC)C(C)N)N(C)C. The average molecular weight is 800 g/mol. The van der Waals surface area contributed by atoms with Crippen LogP contribution < -0.4 is 21.7 Å². The van der Waals surface area contributed by atoms with Crippen molar-refractivity contribution in [2.75, 3.05) is 41.9 Å². The molecule has 0 aromatic heterocycles. The highest BCUT2D eigenvalue weighted by Gasteiger charge is 2.43. The fraction of sp³-hybridized carbons (Fsp3) is 0.698. The number of amides is 5. The number of methoxy groups -OCH3 is 2. The summed E-state index contributed by atoms with van der Waals surface area (Å²) in [5.41, 5.74) is 7.34. The first-order valence-corrected chi connectivity index (χ1v) is 20.3. The van der Waals surface area contributed by atoms with Crippen molar-refractivity contribution in [3.8, 4) is 0 Å². The highest BCUT2D eigenvalue weighted by Crippen LogP contribution is 2.29. The molecule has 1 aromatic carbocycles. The summed E-state index contributed by atoms with van der Waals surface area (Å²) in [6.45, 7) is 19.3. The number of carbonyl (C=O) groups is 5. The monoisotopic (exact) mass is 800 g/mol. The number of carbonyl (C=O) groups excluding carboxylic acids is 5. The maximum Gasteiger partial charge on any atom is 0.246 e. The van der Waals surface area contributed by atoms with E-state index in [0.29, 0.717) is 37.8 Å². The fourth-order valence-corrected chi connectivity index (χ4v) is 7.89. The molecule has 10 atom stereocenters. The first kappa shape index (κ1) is 49.3. The van der Waals surface area contributed by atoms with E-state index in [-0.39, 0.29) is 36.0 Å². The topological polar surface area (TPSA) is 176 Å². The van der Waals surface area contributed by atoms with Crippen molar-refractivity contribution in [2.24, 2.45) is 17.6 Å². The van der Waals surface area contributed by atoms with Crippen LogP contribution in [0.25, 0.3) is 0 Å². The summed E-state index contributed by atoms with van der Waals surface area (Å²) < 4.78 is 12.0. The third-order valence-corrected chi connectivity index (χ3v) is 11.0. The molecule has 0 bridgehead atoms. The second kappa shape index (κ2) is 22.3. The van der Waals surface area contributed by atoms with Gasteiger partial charge < -0.3 is 41.0 Å². The third kappa shape index (κ3) is 13.9. The van der Waals surface area contributed by atoms with Crippen LogP contribution in [0, 0.1) is 11.8 Å². The molecule has 1 heterocycles. The molecule has 5 N–H and O–H groups in total. The molecule has 5 amide bonds. The number of nitrogens with two attached hydrogens (primary N) is 1. The molecular formula is C43H73N7O7. The number of benzene rings is 1. The van der Waals surface area contributed by atoms with Crippen LogP contribution in [0.15, 0.2) is 42.5 Å². The van der Waals surface area contributed by atoms with Gasteiger partial charge in [-0.05, 0) is 73.0 Å². The largest absolute Gasteiger partial charge is 0.379 e. The number of likely N-dealkylation sites (N-methyl/N-ethyl adjacent to an activating group) is 2. The first-order valence-electron chi connectivity index (χ1n) is 20.3. The molecule has 2 rings (SSSR count). The van der Waals surface area contributed by atoms with Gasteiger partial charge in [-0.15, -0.1) is 0 Å². The van der Waals surface area contributed by atoms with E-state index in [2.05, 4.69) is 22.5 Å². The van der Waals surface area contributed by atoms with Crippen molar-refractivity contribution in [1.29, 1.82) is 0 Å². The van der Waals surface area contributed by atoms with Crippen molar-refractivity contribution in [2.45, 2.75) is 141 Å². The molecule has 0 spiro atoms. The van der Waals surface area contributed by atoms with Crippen LogP contribution in [-0.4, -0.2) is 140 Å². The van der Waals surface area contributed by atoms with Crippen LogP contribution in [0.5, 0.6) is 0 Å². The van der Waals surface area contributed by atoms with E-state index >= 15 is 0 Å². The predicted octanol–water partition coefficient (Wildman–Crippen LogP) is 2.89. The minimum atomic E-state index is -1.03. The number of likely N-dealkylation sites (tertiary alicyclic amines) is 1. The standard InChI is InChI=1S/C43H73N7O7/c1-15-27(4)37(49(12)42(55)35(29(6)44)46-41(54)36(26(2)3)48(10)11)33(56-13)25-34(51)50-23-19-22-32(50)38(57-14)28(5)39(52)45-31(40(53)47-43(7,8)9)24-30-20-17-16-18-21-30/h16-18,20-21,27-29,31-33,35-38H,2,15,19,22-25,44H2,1,3-14H3,(H,45,52)(H,46,54)(H,47,53). The van der Waals surface area contributed by atoms with Crippen molar-refractivity contribution in [1.82, 2.24) is 30.7 Å². The smallest absolute Gasteiger partial charge is 0.246 e. The Morgan fingerprint density at radius 3 is 2.07 bits per heavy atom. The Morgan fingerprint density at radius 1 is 0.965 bits per heavy atom. The summed E-state index contributed by atoms with van der Waals surface area (Å²) >= 11 is 0. The summed E-state index contributed by atoms with van der Waals surface area (Å²) in [5, 5.41) is 8.83. The average Bonchev–Trinajstić information content (AvgIpc) is 3.62. The molecular weight excluding hydrogens is 727 g/mol. The first-order chi connectivity index (χ1) is 26.6. The van der Waals surface area contributed by atoms with E-state index < -0.39 is 65.8 Å². The molecule has 14 nitrogen and oxygen atoms in total. The van der Waals surface area contributed by atoms with Gasteiger partial charge in [-0.3, -0.25) is 28.9 Å². The lowest BCUT2D eigenvalue weighted by Gasteiger charge is -2.41. The summed E-state index contributed by atoms with van der Waals surface area (Å²) in [6, 6.07) is 5.35. The zero-order valence-corrected chi connectivity index (χ0v) is 36.9. The molecule has 0 saturated carbocycles. The molecule has 10 unspecified atom stereocenters. The maximum atomic E-state index is 14.3. The van der Waals surface area contributed by atoms with E-state index in [1.54, 1.807) is 56.6 Å². The zero-order valence-electron chi connectivity index (χ0n) is 36.9. The molecule has 14 heteroatoms. The van der Waals surface area contributed by atoms with Gasteiger partial charge in [0, 0.05) is 45.8 Å². The predicted molar refractivity (Wildman–Crippen MR) is 224 cm³/mol. The van der Waals surface area contributed by atoms with Gasteiger partial charge in [0.1, 0.15) is 18.1 Å². The molecule has 1 aliphatic heterocycles. The molecule has 0 aliphatic carbocycles. The number of nitrogens with one attached hydrogen (secondary N) is 3. The van der Waals surface area contributed by atoms with E-state index in [1.807, 2.05) is 65.0 Å².